The van der Waals surface area contributed by atoms with Gasteiger partial charge in [-0.3, -0.25) is 0 Å². The van der Waals surface area contributed by atoms with Gasteiger partial charge >= 0.3 is 0 Å². The van der Waals surface area contributed by atoms with E-state index < -0.39 is 43.0 Å². The molecule has 0 aliphatic carbocycles. The zero-order valence-corrected chi connectivity index (χ0v) is 6.42. The normalized spacial score (nSPS) is 20.0. The molecule has 2 aromatic heterocycles. The van der Waals surface area contributed by atoms with Crippen molar-refractivity contribution in [3.05, 3.63) is 36.2 Å². The fourth-order valence-electron chi connectivity index (χ4n) is 0.777. The maximum absolute atomic E-state index is 7.80. The Morgan fingerprint density at radius 1 is 1.69 bits per heavy atom. The average molecular weight is 182 g/mol. The van der Waals surface area contributed by atoms with E-state index in [0.717, 1.165) is 0 Å². The van der Waals surface area contributed by atoms with E-state index in [0.29, 0.717) is 4.68 Å². The van der Waals surface area contributed by atoms with Crippen LogP contribution in [0.1, 0.15) is 16.5 Å². The van der Waals surface area contributed by atoms with Gasteiger partial charge in [-0.25, -0.2) is 9.67 Å². The van der Waals surface area contributed by atoms with E-state index in [-0.39, 0.29) is 11.5 Å². The summed E-state index contributed by atoms with van der Waals surface area (Å²) in [6, 6.07) is -0.895. The van der Waals surface area contributed by atoms with Crippen LogP contribution in [0, 0.1) is 6.85 Å². The zero-order valence-electron chi connectivity index (χ0n) is 14.4. The van der Waals surface area contributed by atoms with Crippen LogP contribution < -0.4 is 5.73 Å². The molecule has 0 bridgehead atoms. The van der Waals surface area contributed by atoms with Gasteiger partial charge in [-0.15, -0.1) is 0 Å². The Morgan fingerprint density at radius 3 is 3.38 bits per heavy atom. The van der Waals surface area contributed by atoms with Crippen LogP contribution in [0.4, 0.5) is 5.69 Å². The lowest BCUT2D eigenvalue weighted by atomic mass is 10.4. The first-order chi connectivity index (χ1) is 9.55. The van der Waals surface area contributed by atoms with Crippen molar-refractivity contribution >= 4 is 5.69 Å². The monoisotopic (exact) mass is 182 g/mol. The molecule has 4 nitrogen and oxygen atoms in total. The molecule has 0 aliphatic heterocycles. The summed E-state index contributed by atoms with van der Waals surface area (Å²) in [6.45, 7) is -2.71. The smallest absolute Gasteiger partial charge is 0.155 e. The van der Waals surface area contributed by atoms with Crippen molar-refractivity contribution in [1.82, 2.24) is 14.8 Å². The van der Waals surface area contributed by atoms with E-state index in [9.17, 15) is 0 Å². The van der Waals surface area contributed by atoms with Crippen LogP contribution in [0.2, 0.25) is 0 Å². The minimum absolute atomic E-state index is 0.332. The molecule has 66 valence electrons. The Labute approximate surface area is 87.3 Å². The number of rotatable bonds is 1. The van der Waals surface area contributed by atoms with Gasteiger partial charge < -0.3 is 5.73 Å². The highest BCUT2D eigenvalue weighted by Crippen LogP contribution is 2.08. The largest absolute Gasteiger partial charge is 0.399 e. The molecule has 2 heterocycles. The van der Waals surface area contributed by atoms with Crippen LogP contribution in [0.15, 0.2) is 30.6 Å². The van der Waals surface area contributed by atoms with E-state index in [1.54, 1.807) is 0 Å². The fourth-order valence-corrected chi connectivity index (χ4v) is 0.777. The summed E-state index contributed by atoms with van der Waals surface area (Å²) in [6.07, 6.45) is -1.80. The first-order valence-electron chi connectivity index (χ1n) is 7.36. The van der Waals surface area contributed by atoms with Crippen molar-refractivity contribution in [3.8, 4) is 5.82 Å². The van der Waals surface area contributed by atoms with E-state index >= 15 is 0 Å². The topological polar surface area (TPSA) is 56.7 Å². The van der Waals surface area contributed by atoms with Gasteiger partial charge in [0.05, 0.1) is 13.0 Å². The van der Waals surface area contributed by atoms with Crippen molar-refractivity contribution < 1.29 is 11.0 Å². The Kier molecular flexibility index (Phi) is 0.631. The van der Waals surface area contributed by atoms with Crippen LogP contribution in [-0.4, -0.2) is 14.8 Å². The summed E-state index contributed by atoms with van der Waals surface area (Å²) in [4.78, 5) is 3.63. The molecule has 0 saturated heterocycles. The molecule has 0 spiro atoms. The summed E-state index contributed by atoms with van der Waals surface area (Å²) >= 11 is 0. The predicted octanol–water partition coefficient (Wildman–Crippen LogP) is 1.16. The summed E-state index contributed by atoms with van der Waals surface area (Å²) in [5.41, 5.74) is 4.59. The van der Waals surface area contributed by atoms with Crippen LogP contribution in [-0.2, 0) is 0 Å². The van der Waals surface area contributed by atoms with Crippen molar-refractivity contribution in [2.75, 3.05) is 5.73 Å². The van der Waals surface area contributed by atoms with Gasteiger partial charge in [-0.05, 0) is 18.5 Å². The van der Waals surface area contributed by atoms with Crippen LogP contribution in [0.3, 0.4) is 0 Å². The molecule has 0 atom stereocenters. The third-order valence-electron chi connectivity index (χ3n) is 1.28. The third-order valence-corrected chi connectivity index (χ3v) is 1.28. The number of pyridine rings is 1. The average Bonchev–Trinajstić information content (AvgIpc) is 2.66. The lowest BCUT2D eigenvalue weighted by molar-refractivity contribution is 0.847. The number of nitrogens with two attached hydrogens (primary N) is 1. The molecule has 0 saturated carbocycles. The molecule has 0 fully saturated rings. The summed E-state index contributed by atoms with van der Waals surface area (Å²) in [5, 5.41) is 3.57. The van der Waals surface area contributed by atoms with Crippen molar-refractivity contribution in [3.63, 3.8) is 0 Å². The number of nitrogen functional groups attached to an aromatic ring is 1. The first kappa shape index (κ1) is 2.83. The van der Waals surface area contributed by atoms with E-state index in [2.05, 4.69) is 10.1 Å². The number of aromatic nitrogens is 3. The maximum atomic E-state index is 7.80. The molecular weight excluding hydrogens is 164 g/mol. The van der Waals surface area contributed by atoms with Crippen molar-refractivity contribution in [1.29, 1.82) is 0 Å². The maximum Gasteiger partial charge on any atom is 0.155 e. The number of anilines is 1. The molecule has 0 amide bonds. The molecule has 2 aromatic rings. The highest BCUT2D eigenvalue weighted by atomic mass is 15.3. The van der Waals surface area contributed by atoms with Crippen LogP contribution >= 0.6 is 0 Å². The van der Waals surface area contributed by atoms with Gasteiger partial charge in [0, 0.05) is 28.2 Å². The second kappa shape index (κ2) is 2.90. The Morgan fingerprint density at radius 2 is 2.62 bits per heavy atom. The fraction of sp³-hybridized carbons (Fsp3) is 0.111. The summed E-state index contributed by atoms with van der Waals surface area (Å²) in [5.74, 6) is -0.359. The van der Waals surface area contributed by atoms with Crippen molar-refractivity contribution in [2.45, 2.75) is 6.85 Å². The molecular formula is C9H10N4. The van der Waals surface area contributed by atoms with E-state index in [4.69, 9.17) is 16.7 Å². The molecule has 0 aliphatic rings. The van der Waals surface area contributed by atoms with Crippen molar-refractivity contribution in [2.24, 2.45) is 0 Å². The quantitative estimate of drug-likeness (QED) is 0.720. The number of hydrogen-bond acceptors (Lipinski definition) is 3. The van der Waals surface area contributed by atoms with Gasteiger partial charge in [-0.2, -0.15) is 5.10 Å². The van der Waals surface area contributed by atoms with Gasteiger partial charge in [0.2, 0.25) is 0 Å². The molecule has 2 rings (SSSR count). The van der Waals surface area contributed by atoms with E-state index in [1.165, 1.54) is 0 Å². The summed E-state index contributed by atoms with van der Waals surface area (Å²) in [7, 11) is 0. The minimum Gasteiger partial charge on any atom is -0.399 e. The lowest BCUT2D eigenvalue weighted by Gasteiger charge is -1.99. The Hall–Kier alpha value is -1.84. The molecule has 0 aromatic carbocycles. The highest BCUT2D eigenvalue weighted by Gasteiger charge is 1.98. The standard InChI is InChI=1S/C9H10N4/c1-7-5-12-13(6-7)9-4-8(10)2-3-11-9/h2-6H,1H3,(H2,10,11)/i1D3,2D,3D,4D,5D,6D. The Balaban J connectivity index is 2.76. The lowest BCUT2D eigenvalue weighted by Crippen LogP contribution is -1.98. The zero-order chi connectivity index (χ0) is 16.1. The second-order valence-corrected chi connectivity index (χ2v) is 2.22. The second-order valence-electron chi connectivity index (χ2n) is 2.22. The third kappa shape index (κ3) is 1.51. The number of nitrogens with zero attached hydrogens (tertiary/aromatic N) is 3. The molecule has 13 heavy (non-hydrogen) atoms. The first-order valence-corrected chi connectivity index (χ1v) is 3.36. The SMILES string of the molecule is [2H]c1nc(-n2nc([2H])c(C([2H])([2H])[2H])c2[2H])c([2H])c(N)c1[2H]. The molecule has 2 N–H and O–H groups in total. The predicted molar refractivity (Wildman–Crippen MR) is 50.5 cm³/mol. The molecule has 4 heteroatoms. The van der Waals surface area contributed by atoms with Crippen LogP contribution in [0.25, 0.3) is 5.82 Å². The van der Waals surface area contributed by atoms with E-state index in [1.807, 2.05) is 0 Å². The van der Waals surface area contributed by atoms with Gasteiger partial charge in [0.1, 0.15) is 0 Å². The summed E-state index contributed by atoms with van der Waals surface area (Å²) < 4.78 is 60.5. The van der Waals surface area contributed by atoms with Crippen LogP contribution in [0.5, 0.6) is 0 Å². The molecule has 0 unspecified atom stereocenters. The number of hydrogen-bond donors (Lipinski definition) is 1. The highest BCUT2D eigenvalue weighted by molar-refractivity contribution is 5.42. The van der Waals surface area contributed by atoms with Gasteiger partial charge in [0.25, 0.3) is 0 Å². The van der Waals surface area contributed by atoms with Gasteiger partial charge in [0.15, 0.2) is 5.82 Å². The molecule has 0 radical (unpaired) electrons. The Bertz CT molecular complexity index is 720. The minimum atomic E-state index is -2.71. The van der Waals surface area contributed by atoms with Gasteiger partial charge in [-0.1, -0.05) is 0 Å².